The van der Waals surface area contributed by atoms with Gasteiger partial charge in [0.2, 0.25) is 0 Å². The zero-order valence-corrected chi connectivity index (χ0v) is 15.6. The Morgan fingerprint density at radius 1 is 1.19 bits per heavy atom. The molecule has 0 bridgehead atoms. The van der Waals surface area contributed by atoms with E-state index in [1.807, 2.05) is 43.6 Å². The fraction of sp³-hybridized carbons (Fsp3) is 0.286. The first kappa shape index (κ1) is 17.3. The molecule has 27 heavy (non-hydrogen) atoms. The fourth-order valence-electron chi connectivity index (χ4n) is 3.55. The van der Waals surface area contributed by atoms with E-state index in [0.717, 1.165) is 47.5 Å². The zero-order valence-electron chi connectivity index (χ0n) is 15.6. The molecule has 2 heterocycles. The van der Waals surface area contributed by atoms with Gasteiger partial charge in [-0.25, -0.2) is 0 Å². The number of nitrogens with two attached hydrogens (primary N) is 1. The Bertz CT molecular complexity index is 976. The highest BCUT2D eigenvalue weighted by Gasteiger charge is 2.18. The first-order valence-corrected chi connectivity index (χ1v) is 9.08. The van der Waals surface area contributed by atoms with Crippen LogP contribution in [0.2, 0.25) is 0 Å². The number of ether oxygens (including phenoxy) is 2. The number of rotatable bonds is 5. The third-order valence-electron chi connectivity index (χ3n) is 4.94. The number of allylic oxidation sites excluding steroid dienone is 1. The van der Waals surface area contributed by atoms with E-state index in [1.54, 1.807) is 11.8 Å². The van der Waals surface area contributed by atoms with Crippen LogP contribution in [-0.4, -0.2) is 23.4 Å². The first-order valence-electron chi connectivity index (χ1n) is 9.08. The van der Waals surface area contributed by atoms with Gasteiger partial charge in [0.05, 0.1) is 12.6 Å². The molecule has 0 fully saturated rings. The van der Waals surface area contributed by atoms with Gasteiger partial charge in [0.15, 0.2) is 5.82 Å². The second-order valence-electron chi connectivity index (χ2n) is 6.93. The van der Waals surface area contributed by atoms with Crippen LogP contribution in [0, 0.1) is 5.92 Å². The van der Waals surface area contributed by atoms with Gasteiger partial charge in [-0.05, 0) is 42.2 Å². The smallest absolute Gasteiger partial charge is 0.153 e. The molecule has 1 atom stereocenters. The molecule has 1 aliphatic rings. The van der Waals surface area contributed by atoms with Crippen LogP contribution in [-0.2, 0) is 13.5 Å². The number of anilines is 1. The highest BCUT2D eigenvalue weighted by molar-refractivity contribution is 5.90. The van der Waals surface area contributed by atoms with Crippen molar-refractivity contribution in [2.75, 3.05) is 19.4 Å². The molecule has 0 saturated heterocycles. The molecule has 3 N–H and O–H groups in total. The van der Waals surface area contributed by atoms with Gasteiger partial charge in [0.25, 0.3) is 0 Å². The lowest BCUT2D eigenvalue weighted by molar-refractivity contribution is 0.336. The summed E-state index contributed by atoms with van der Waals surface area (Å²) in [6.45, 7) is 0.941. The third kappa shape index (κ3) is 3.69. The second kappa shape index (κ2) is 7.23. The predicted molar refractivity (Wildman–Crippen MR) is 107 cm³/mol. The average molecular weight is 364 g/mol. The van der Waals surface area contributed by atoms with Crippen LogP contribution in [0.15, 0.2) is 54.4 Å². The number of hydrogen-bond donors (Lipinski definition) is 2. The summed E-state index contributed by atoms with van der Waals surface area (Å²) in [6.07, 6.45) is 3.85. The highest BCUT2D eigenvalue weighted by atomic mass is 16.5. The number of aromatic nitrogens is 2. The Kier molecular flexibility index (Phi) is 4.62. The SMILES string of the molecule is COc1ccc(CC2CNC=C(Oc3ccc4c(N)nn(C)c4c3)C2)cc1. The van der Waals surface area contributed by atoms with E-state index in [2.05, 4.69) is 22.5 Å². The van der Waals surface area contributed by atoms with Crippen molar-refractivity contribution in [2.45, 2.75) is 12.8 Å². The standard InChI is InChI=1S/C21H24N4O2/c1-25-20-11-17(7-8-19(20)21(22)24-25)27-18-10-15(12-23-13-18)9-14-3-5-16(26-2)6-4-14/h3-8,11,13,15,23H,9-10,12H2,1-2H3,(H2,22,24). The normalized spacial score (nSPS) is 16.7. The molecule has 0 aliphatic carbocycles. The van der Waals surface area contributed by atoms with Gasteiger partial charge in [-0.15, -0.1) is 0 Å². The van der Waals surface area contributed by atoms with Crippen molar-refractivity contribution < 1.29 is 9.47 Å². The molecule has 3 aromatic rings. The Labute approximate surface area is 158 Å². The van der Waals surface area contributed by atoms with Crippen LogP contribution in [0.1, 0.15) is 12.0 Å². The number of nitrogens with one attached hydrogen (secondary N) is 1. The van der Waals surface area contributed by atoms with E-state index < -0.39 is 0 Å². The van der Waals surface area contributed by atoms with Crippen molar-refractivity contribution in [3.63, 3.8) is 0 Å². The van der Waals surface area contributed by atoms with Gasteiger partial charge < -0.3 is 20.5 Å². The van der Waals surface area contributed by atoms with Crippen LogP contribution in [0.25, 0.3) is 10.9 Å². The minimum atomic E-state index is 0.481. The summed E-state index contributed by atoms with van der Waals surface area (Å²) in [5.41, 5.74) is 8.18. The molecule has 6 heteroatoms. The van der Waals surface area contributed by atoms with Gasteiger partial charge in [-0.3, -0.25) is 4.68 Å². The average Bonchev–Trinajstić information content (AvgIpc) is 2.96. The number of hydrogen-bond acceptors (Lipinski definition) is 5. The van der Waals surface area contributed by atoms with Crippen molar-refractivity contribution in [3.8, 4) is 11.5 Å². The molecule has 0 radical (unpaired) electrons. The second-order valence-corrected chi connectivity index (χ2v) is 6.93. The summed E-state index contributed by atoms with van der Waals surface area (Å²) in [5.74, 6) is 3.64. The molecule has 0 saturated carbocycles. The van der Waals surface area contributed by atoms with Gasteiger partial charge >= 0.3 is 0 Å². The molecule has 0 amide bonds. The van der Waals surface area contributed by atoms with Crippen LogP contribution in [0.5, 0.6) is 11.5 Å². The molecule has 4 rings (SSSR count). The van der Waals surface area contributed by atoms with Crippen LogP contribution >= 0.6 is 0 Å². The van der Waals surface area contributed by atoms with E-state index in [-0.39, 0.29) is 0 Å². The lowest BCUT2D eigenvalue weighted by Crippen LogP contribution is -2.27. The number of nitrogen functional groups attached to an aromatic ring is 1. The summed E-state index contributed by atoms with van der Waals surface area (Å²) >= 11 is 0. The monoisotopic (exact) mass is 364 g/mol. The van der Waals surface area contributed by atoms with Crippen molar-refractivity contribution in [1.29, 1.82) is 0 Å². The lowest BCUT2D eigenvalue weighted by atomic mass is 9.93. The quantitative estimate of drug-likeness (QED) is 0.727. The lowest BCUT2D eigenvalue weighted by Gasteiger charge is -2.24. The topological polar surface area (TPSA) is 74.3 Å². The highest BCUT2D eigenvalue weighted by Crippen LogP contribution is 2.28. The van der Waals surface area contributed by atoms with E-state index in [9.17, 15) is 0 Å². The number of nitrogens with zero attached hydrogens (tertiary/aromatic N) is 2. The van der Waals surface area contributed by atoms with Gasteiger partial charge in [-0.2, -0.15) is 5.10 Å². The molecule has 2 aromatic carbocycles. The van der Waals surface area contributed by atoms with Crippen molar-refractivity contribution in [1.82, 2.24) is 15.1 Å². The number of aryl methyl sites for hydroxylation is 1. The molecule has 6 nitrogen and oxygen atoms in total. The Balaban J connectivity index is 1.43. The van der Waals surface area contributed by atoms with Gasteiger partial charge in [0, 0.05) is 37.7 Å². The predicted octanol–water partition coefficient (Wildman–Crippen LogP) is 3.24. The molecule has 1 aromatic heterocycles. The van der Waals surface area contributed by atoms with E-state index in [0.29, 0.717) is 11.7 Å². The van der Waals surface area contributed by atoms with E-state index >= 15 is 0 Å². The van der Waals surface area contributed by atoms with E-state index in [1.165, 1.54) is 5.56 Å². The molecule has 1 unspecified atom stereocenters. The minimum absolute atomic E-state index is 0.481. The summed E-state index contributed by atoms with van der Waals surface area (Å²) in [5, 5.41) is 8.55. The zero-order chi connectivity index (χ0) is 18.8. The number of methoxy groups -OCH3 is 1. The Hall–Kier alpha value is -3.15. The summed E-state index contributed by atoms with van der Waals surface area (Å²) in [4.78, 5) is 0. The summed E-state index contributed by atoms with van der Waals surface area (Å²) in [6, 6.07) is 14.1. The summed E-state index contributed by atoms with van der Waals surface area (Å²) in [7, 11) is 3.57. The maximum atomic E-state index is 6.13. The van der Waals surface area contributed by atoms with Crippen molar-refractivity contribution >= 4 is 16.7 Å². The van der Waals surface area contributed by atoms with E-state index in [4.69, 9.17) is 15.2 Å². The molecule has 0 spiro atoms. The van der Waals surface area contributed by atoms with Crippen molar-refractivity contribution in [3.05, 3.63) is 60.0 Å². The number of benzene rings is 2. The van der Waals surface area contributed by atoms with Crippen LogP contribution < -0.4 is 20.5 Å². The summed E-state index contributed by atoms with van der Waals surface area (Å²) < 4.78 is 13.1. The maximum absolute atomic E-state index is 6.13. The molecule has 1 aliphatic heterocycles. The largest absolute Gasteiger partial charge is 0.497 e. The maximum Gasteiger partial charge on any atom is 0.153 e. The molecule has 140 valence electrons. The number of fused-ring (bicyclic) bond motifs is 1. The Morgan fingerprint density at radius 2 is 1.96 bits per heavy atom. The van der Waals surface area contributed by atoms with Crippen LogP contribution in [0.4, 0.5) is 5.82 Å². The Morgan fingerprint density at radius 3 is 2.74 bits per heavy atom. The molecular weight excluding hydrogens is 340 g/mol. The van der Waals surface area contributed by atoms with Crippen molar-refractivity contribution in [2.24, 2.45) is 13.0 Å². The third-order valence-corrected chi connectivity index (χ3v) is 4.94. The minimum Gasteiger partial charge on any atom is -0.497 e. The molecular formula is C21H24N4O2. The van der Waals surface area contributed by atoms with Crippen LogP contribution in [0.3, 0.4) is 0 Å². The first-order chi connectivity index (χ1) is 13.1. The fourth-order valence-corrected chi connectivity index (χ4v) is 3.55. The van der Waals surface area contributed by atoms with Gasteiger partial charge in [-0.1, -0.05) is 12.1 Å². The van der Waals surface area contributed by atoms with Gasteiger partial charge in [0.1, 0.15) is 17.3 Å².